The second-order valence-corrected chi connectivity index (χ2v) is 15.0. The van der Waals surface area contributed by atoms with Crippen molar-refractivity contribution in [1.82, 2.24) is 0 Å². The summed E-state index contributed by atoms with van der Waals surface area (Å²) < 4.78 is 0. The summed E-state index contributed by atoms with van der Waals surface area (Å²) in [5, 5.41) is 21.1. The minimum atomic E-state index is -0.143. The van der Waals surface area contributed by atoms with E-state index in [0.717, 1.165) is 18.8 Å². The van der Waals surface area contributed by atoms with Crippen molar-refractivity contribution in [1.29, 1.82) is 0 Å². The van der Waals surface area contributed by atoms with Crippen LogP contribution in [0.1, 0.15) is 113 Å². The zero-order valence-electron chi connectivity index (χ0n) is 22.1. The van der Waals surface area contributed by atoms with E-state index in [1.807, 2.05) is 0 Å². The lowest BCUT2D eigenvalue weighted by molar-refractivity contribution is -0.229. The van der Waals surface area contributed by atoms with Crippen molar-refractivity contribution in [3.8, 4) is 0 Å². The van der Waals surface area contributed by atoms with Crippen LogP contribution in [0.5, 0.6) is 0 Å². The summed E-state index contributed by atoms with van der Waals surface area (Å²) >= 11 is 0. The van der Waals surface area contributed by atoms with Gasteiger partial charge in [-0.2, -0.15) is 0 Å². The van der Waals surface area contributed by atoms with Crippen molar-refractivity contribution in [2.24, 2.45) is 50.2 Å². The molecule has 0 saturated heterocycles. The van der Waals surface area contributed by atoms with E-state index in [-0.39, 0.29) is 23.5 Å². The predicted octanol–water partition coefficient (Wildman–Crippen LogP) is 7.14. The molecular formula is C30H50O2. The van der Waals surface area contributed by atoms with Crippen LogP contribution in [0.15, 0.2) is 11.6 Å². The molecule has 0 radical (unpaired) electrons. The van der Waals surface area contributed by atoms with Crippen molar-refractivity contribution in [2.45, 2.75) is 119 Å². The van der Waals surface area contributed by atoms with Crippen LogP contribution < -0.4 is 0 Å². The molecule has 182 valence electrons. The van der Waals surface area contributed by atoms with E-state index >= 15 is 0 Å². The largest absolute Gasteiger partial charge is 0.395 e. The van der Waals surface area contributed by atoms with Gasteiger partial charge in [-0.15, -0.1) is 0 Å². The Morgan fingerprint density at radius 2 is 1.44 bits per heavy atom. The van der Waals surface area contributed by atoms with Crippen LogP contribution in [0.25, 0.3) is 0 Å². The summed E-state index contributed by atoms with van der Waals surface area (Å²) in [7, 11) is 0. The molecule has 0 heterocycles. The van der Waals surface area contributed by atoms with E-state index in [0.29, 0.717) is 33.5 Å². The molecule has 0 aromatic carbocycles. The minimum absolute atomic E-state index is 0.0297. The number of aliphatic hydroxyl groups is 2. The van der Waals surface area contributed by atoms with E-state index < -0.39 is 0 Å². The molecule has 0 unspecified atom stereocenters. The molecule has 4 saturated carbocycles. The molecule has 4 fully saturated rings. The van der Waals surface area contributed by atoms with Gasteiger partial charge in [0.05, 0.1) is 12.7 Å². The number of allylic oxidation sites excluding steroid dienone is 1. The highest BCUT2D eigenvalue weighted by Gasteiger charge is 2.68. The highest BCUT2D eigenvalue weighted by molar-refractivity contribution is 5.32. The second kappa shape index (κ2) is 6.87. The van der Waals surface area contributed by atoms with Crippen LogP contribution in [0.4, 0.5) is 0 Å². The number of hydrogen-bond acceptors (Lipinski definition) is 2. The molecular weight excluding hydrogens is 392 g/mol. The van der Waals surface area contributed by atoms with Gasteiger partial charge in [-0.3, -0.25) is 0 Å². The van der Waals surface area contributed by atoms with Crippen LogP contribution in [0, 0.1) is 50.2 Å². The summed E-state index contributed by atoms with van der Waals surface area (Å²) in [4.78, 5) is 0. The number of aliphatic hydroxyl groups excluding tert-OH is 2. The van der Waals surface area contributed by atoms with Gasteiger partial charge in [-0.1, -0.05) is 60.1 Å². The molecule has 2 nitrogen and oxygen atoms in total. The van der Waals surface area contributed by atoms with Crippen molar-refractivity contribution >= 4 is 0 Å². The van der Waals surface area contributed by atoms with Gasteiger partial charge in [-0.25, -0.2) is 0 Å². The molecule has 9 atom stereocenters. The van der Waals surface area contributed by atoms with E-state index in [1.54, 1.807) is 5.57 Å². The SMILES string of the molecule is CC1(C)[C@@H](O)CC[C@]2(C)[C@H]3CC[C@@H]4C5=C[C@@](C)(CO)CC[C@]5(C)CC[C@@]4(C)[C@]3(C)CC[C@@H]12. The highest BCUT2D eigenvalue weighted by Crippen LogP contribution is 2.76. The van der Waals surface area contributed by atoms with Crippen molar-refractivity contribution in [2.75, 3.05) is 6.61 Å². The molecule has 2 N–H and O–H groups in total. The first-order valence-corrected chi connectivity index (χ1v) is 13.8. The van der Waals surface area contributed by atoms with Crippen LogP contribution >= 0.6 is 0 Å². The van der Waals surface area contributed by atoms with Gasteiger partial charge < -0.3 is 10.2 Å². The smallest absolute Gasteiger partial charge is 0.0594 e. The summed E-state index contributed by atoms with van der Waals surface area (Å²) in [6.45, 7) is 17.8. The average Bonchev–Trinajstić information content (AvgIpc) is 2.73. The Kier molecular flexibility index (Phi) is 5.02. The van der Waals surface area contributed by atoms with Crippen LogP contribution in [-0.2, 0) is 0 Å². The van der Waals surface area contributed by atoms with Gasteiger partial charge in [0.1, 0.15) is 0 Å². The summed E-state index contributed by atoms with van der Waals surface area (Å²) in [6, 6.07) is 0. The van der Waals surface area contributed by atoms with Gasteiger partial charge in [-0.05, 0) is 109 Å². The van der Waals surface area contributed by atoms with Crippen LogP contribution in [0.3, 0.4) is 0 Å². The van der Waals surface area contributed by atoms with Crippen molar-refractivity contribution in [3.05, 3.63) is 11.6 Å². The predicted molar refractivity (Wildman–Crippen MR) is 132 cm³/mol. The quantitative estimate of drug-likeness (QED) is 0.424. The van der Waals surface area contributed by atoms with Crippen LogP contribution in [-0.4, -0.2) is 22.9 Å². The van der Waals surface area contributed by atoms with E-state index in [4.69, 9.17) is 0 Å². The van der Waals surface area contributed by atoms with Gasteiger partial charge >= 0.3 is 0 Å². The second-order valence-electron chi connectivity index (χ2n) is 15.0. The fraction of sp³-hybridized carbons (Fsp3) is 0.933. The van der Waals surface area contributed by atoms with E-state index in [1.165, 1.54) is 51.4 Å². The third kappa shape index (κ3) is 2.78. The Labute approximate surface area is 197 Å². The standard InChI is InChI=1S/C30H50O2/c1-25(2)22-10-13-30(7)23(28(22,5)12-11-24(25)32)9-8-20-21-18-26(3,19-31)14-15-27(21,4)16-17-29(20,30)6/h18,20,22-24,31-32H,8-17,19H2,1-7H3/t20-,22+,23-,24+,26+,27-,28+,29-,30-/m1/s1. The maximum absolute atomic E-state index is 10.9. The first-order valence-electron chi connectivity index (χ1n) is 13.8. The fourth-order valence-electron chi connectivity index (χ4n) is 10.7. The first kappa shape index (κ1) is 23.4. The Morgan fingerprint density at radius 3 is 2.12 bits per heavy atom. The fourth-order valence-corrected chi connectivity index (χ4v) is 10.7. The normalized spacial score (nSPS) is 56.8. The zero-order chi connectivity index (χ0) is 23.4. The molecule has 0 aromatic rings. The topological polar surface area (TPSA) is 40.5 Å². The van der Waals surface area contributed by atoms with Gasteiger partial charge in [0.2, 0.25) is 0 Å². The maximum atomic E-state index is 10.9. The van der Waals surface area contributed by atoms with Gasteiger partial charge in [0.25, 0.3) is 0 Å². The Hall–Kier alpha value is -0.340. The average molecular weight is 443 g/mol. The molecule has 5 aliphatic rings. The molecule has 0 bridgehead atoms. The maximum Gasteiger partial charge on any atom is 0.0594 e. The third-order valence-corrected chi connectivity index (χ3v) is 13.2. The van der Waals surface area contributed by atoms with Crippen molar-refractivity contribution < 1.29 is 10.2 Å². The van der Waals surface area contributed by atoms with Gasteiger partial charge in [0.15, 0.2) is 0 Å². The molecule has 0 aliphatic heterocycles. The monoisotopic (exact) mass is 442 g/mol. The highest BCUT2D eigenvalue weighted by atomic mass is 16.3. The molecule has 0 amide bonds. The first-order chi connectivity index (χ1) is 14.8. The number of rotatable bonds is 1. The Balaban J connectivity index is 1.56. The number of hydrogen-bond donors (Lipinski definition) is 2. The molecule has 5 aliphatic carbocycles. The van der Waals surface area contributed by atoms with Crippen LogP contribution in [0.2, 0.25) is 0 Å². The summed E-state index contributed by atoms with van der Waals surface area (Å²) in [6.07, 6.45) is 14.9. The van der Waals surface area contributed by atoms with E-state index in [9.17, 15) is 10.2 Å². The Morgan fingerprint density at radius 1 is 0.750 bits per heavy atom. The summed E-state index contributed by atoms with van der Waals surface area (Å²) in [5.74, 6) is 2.08. The molecule has 0 aromatic heterocycles. The number of fused-ring (bicyclic) bond motifs is 7. The third-order valence-electron chi connectivity index (χ3n) is 13.2. The Bertz CT molecular complexity index is 814. The lowest BCUT2D eigenvalue weighted by Crippen LogP contribution is -2.65. The lowest BCUT2D eigenvalue weighted by atomic mass is 9.32. The minimum Gasteiger partial charge on any atom is -0.395 e. The molecule has 2 heteroatoms. The molecule has 32 heavy (non-hydrogen) atoms. The van der Waals surface area contributed by atoms with E-state index in [2.05, 4.69) is 54.5 Å². The van der Waals surface area contributed by atoms with Crippen molar-refractivity contribution in [3.63, 3.8) is 0 Å². The lowest BCUT2D eigenvalue weighted by Gasteiger charge is -2.72. The molecule has 0 spiro atoms. The zero-order valence-corrected chi connectivity index (χ0v) is 22.1. The summed E-state index contributed by atoms with van der Waals surface area (Å²) in [5.41, 5.74) is 3.15. The van der Waals surface area contributed by atoms with Gasteiger partial charge in [0, 0.05) is 5.41 Å². The molecule has 5 rings (SSSR count).